The van der Waals surface area contributed by atoms with E-state index in [1.54, 1.807) is 0 Å². The number of rotatable bonds is 0. The van der Waals surface area contributed by atoms with Gasteiger partial charge in [-0.25, -0.2) is 0 Å². The van der Waals surface area contributed by atoms with Gasteiger partial charge in [0.15, 0.2) is 0 Å². The Morgan fingerprint density at radius 1 is 1.17 bits per heavy atom. The van der Waals surface area contributed by atoms with Crippen molar-refractivity contribution in [2.45, 2.75) is 12.8 Å². The summed E-state index contributed by atoms with van der Waals surface area (Å²) in [6, 6.07) is 0. The van der Waals surface area contributed by atoms with E-state index in [4.69, 9.17) is 0 Å². The van der Waals surface area contributed by atoms with Gasteiger partial charge < -0.3 is 0 Å². The first-order valence-corrected chi connectivity index (χ1v) is 3.86. The van der Waals surface area contributed by atoms with Crippen molar-refractivity contribution < 1.29 is 0 Å². The van der Waals surface area contributed by atoms with Crippen molar-refractivity contribution in [2.75, 3.05) is 13.1 Å². The minimum atomic E-state index is 1.34. The van der Waals surface area contributed by atoms with Crippen LogP contribution in [0.25, 0.3) is 0 Å². The minimum absolute atomic E-state index is 1.34. The van der Waals surface area contributed by atoms with Gasteiger partial charge in [-0.2, -0.15) is 0 Å². The molecule has 1 heterocycles. The van der Waals surface area contributed by atoms with Crippen LogP contribution in [-0.4, -0.2) is 39.0 Å². The van der Waals surface area contributed by atoms with E-state index in [0.29, 0.717) is 0 Å². The van der Waals surface area contributed by atoms with Crippen LogP contribution in [-0.2, 0) is 0 Å². The van der Waals surface area contributed by atoms with Crippen molar-refractivity contribution in [3.05, 3.63) is 0 Å². The molecule has 2 heteroatoms. The molecule has 0 aromatic carbocycles. The molecule has 0 atom stereocenters. The SMILES string of the molecule is [SnH][N]1CCCC1. The Kier molecular flexibility index (Phi) is 1.77. The predicted molar refractivity (Wildman–Crippen MR) is 28.0 cm³/mol. The Balaban J connectivity index is 2.18. The summed E-state index contributed by atoms with van der Waals surface area (Å²) in [6.45, 7) is 2.75. The van der Waals surface area contributed by atoms with Gasteiger partial charge in [0.05, 0.1) is 0 Å². The summed E-state index contributed by atoms with van der Waals surface area (Å²) in [7, 11) is 0. The Bertz CT molecular complexity index is 40.8. The van der Waals surface area contributed by atoms with Gasteiger partial charge in [0.2, 0.25) is 0 Å². The molecule has 0 aromatic heterocycles. The van der Waals surface area contributed by atoms with Gasteiger partial charge in [0.1, 0.15) is 0 Å². The molecular weight excluding hydrogens is 181 g/mol. The van der Waals surface area contributed by atoms with Crippen LogP contribution in [0.2, 0.25) is 0 Å². The molecule has 6 heavy (non-hydrogen) atoms. The van der Waals surface area contributed by atoms with Gasteiger partial charge in [0.25, 0.3) is 0 Å². The van der Waals surface area contributed by atoms with E-state index in [1.165, 1.54) is 48.7 Å². The number of nitrogens with zero attached hydrogens (tertiary/aromatic N) is 1. The summed E-state index contributed by atoms with van der Waals surface area (Å²) < 4.78 is 2.49. The maximum absolute atomic E-state index is 2.49. The molecule has 2 radical (unpaired) electrons. The Morgan fingerprint density at radius 2 is 1.67 bits per heavy atom. The zero-order valence-electron chi connectivity index (χ0n) is 3.85. The molecule has 0 N–H and O–H groups in total. The van der Waals surface area contributed by atoms with Crippen LogP contribution in [0.1, 0.15) is 12.8 Å². The topological polar surface area (TPSA) is 3.24 Å². The molecule has 1 fully saturated rings. The van der Waals surface area contributed by atoms with Gasteiger partial charge in [0, 0.05) is 0 Å². The Labute approximate surface area is 52.2 Å². The van der Waals surface area contributed by atoms with Crippen LogP contribution in [0.5, 0.6) is 0 Å². The summed E-state index contributed by atoms with van der Waals surface area (Å²) in [4.78, 5) is 0. The molecule has 0 aromatic rings. The zero-order chi connectivity index (χ0) is 4.41. The Morgan fingerprint density at radius 3 is 1.83 bits per heavy atom. The maximum atomic E-state index is 2.49. The quantitative estimate of drug-likeness (QED) is 0.482. The molecule has 1 nitrogen and oxygen atoms in total. The van der Waals surface area contributed by atoms with Crippen LogP contribution in [0, 0.1) is 0 Å². The van der Waals surface area contributed by atoms with Crippen LogP contribution < -0.4 is 0 Å². The normalized spacial score (nSPS) is 25.5. The van der Waals surface area contributed by atoms with E-state index in [2.05, 4.69) is 3.12 Å². The van der Waals surface area contributed by atoms with Crippen molar-refractivity contribution in [1.29, 1.82) is 0 Å². The standard InChI is InChI=1S/C4H8N.Sn.H/c1-2-4-5-3-1;;/h1-4H2;;/q-1;+1;. The molecule has 0 aliphatic carbocycles. The van der Waals surface area contributed by atoms with Crippen LogP contribution in [0.3, 0.4) is 0 Å². The average Bonchev–Trinajstić information content (AvgIpc) is 1.86. The third kappa shape index (κ3) is 1.12. The summed E-state index contributed by atoms with van der Waals surface area (Å²) in [5.74, 6) is 0. The number of hydrogen-bond donors (Lipinski definition) is 0. The molecular formula is C4H9NSn. The molecule has 1 aliphatic rings. The van der Waals surface area contributed by atoms with Crippen LogP contribution in [0.4, 0.5) is 0 Å². The molecule has 34 valence electrons. The van der Waals surface area contributed by atoms with Crippen molar-refractivity contribution in [2.24, 2.45) is 0 Å². The van der Waals surface area contributed by atoms with E-state index < -0.39 is 0 Å². The fourth-order valence-electron chi connectivity index (χ4n) is 0.742. The van der Waals surface area contributed by atoms with E-state index in [9.17, 15) is 0 Å². The fraction of sp³-hybridized carbons (Fsp3) is 1.00. The Hall–Kier alpha value is 0.759. The summed E-state index contributed by atoms with van der Waals surface area (Å²) >= 11 is 1.34. The second kappa shape index (κ2) is 2.17. The van der Waals surface area contributed by atoms with Crippen LogP contribution >= 0.6 is 0 Å². The first-order valence-electron chi connectivity index (χ1n) is 2.39. The summed E-state index contributed by atoms with van der Waals surface area (Å²) in [6.07, 6.45) is 2.89. The van der Waals surface area contributed by atoms with Crippen molar-refractivity contribution >= 4 is 22.8 Å². The van der Waals surface area contributed by atoms with Gasteiger partial charge >= 0.3 is 51.9 Å². The van der Waals surface area contributed by atoms with Gasteiger partial charge in [-0.05, 0) is 0 Å². The first kappa shape index (κ1) is 4.91. The molecule has 0 amide bonds. The second-order valence-electron chi connectivity index (χ2n) is 1.74. The van der Waals surface area contributed by atoms with E-state index in [1.807, 2.05) is 0 Å². The van der Waals surface area contributed by atoms with Crippen molar-refractivity contribution in [1.82, 2.24) is 3.12 Å². The first-order chi connectivity index (χ1) is 2.89. The molecule has 0 unspecified atom stereocenters. The van der Waals surface area contributed by atoms with E-state index in [-0.39, 0.29) is 0 Å². The molecule has 1 aliphatic heterocycles. The molecule has 1 rings (SSSR count). The predicted octanol–water partition coefficient (Wildman–Crippen LogP) is -0.102. The third-order valence-electron chi connectivity index (χ3n) is 1.14. The van der Waals surface area contributed by atoms with Gasteiger partial charge in [-0.15, -0.1) is 0 Å². The second-order valence-corrected chi connectivity index (χ2v) is 3.83. The van der Waals surface area contributed by atoms with Gasteiger partial charge in [-0.3, -0.25) is 0 Å². The average molecular weight is 190 g/mol. The van der Waals surface area contributed by atoms with Crippen molar-refractivity contribution in [3.63, 3.8) is 0 Å². The van der Waals surface area contributed by atoms with E-state index >= 15 is 0 Å². The molecule has 0 saturated carbocycles. The summed E-state index contributed by atoms with van der Waals surface area (Å²) in [5.41, 5.74) is 0. The monoisotopic (exact) mass is 191 g/mol. The molecule has 1 saturated heterocycles. The fourth-order valence-corrected chi connectivity index (χ4v) is 1.78. The number of hydrogen-bond acceptors (Lipinski definition) is 1. The third-order valence-corrected chi connectivity index (χ3v) is 2.61. The van der Waals surface area contributed by atoms with E-state index in [0.717, 1.165) is 0 Å². The zero-order valence-corrected chi connectivity index (χ0v) is 7.15. The van der Waals surface area contributed by atoms with Crippen LogP contribution in [0.15, 0.2) is 0 Å². The molecule has 0 bridgehead atoms. The van der Waals surface area contributed by atoms with Gasteiger partial charge in [-0.1, -0.05) is 0 Å². The summed E-state index contributed by atoms with van der Waals surface area (Å²) in [5, 5.41) is 0. The molecule has 0 spiro atoms. The van der Waals surface area contributed by atoms with Crippen molar-refractivity contribution in [3.8, 4) is 0 Å².